The van der Waals surface area contributed by atoms with Crippen LogP contribution in [0.3, 0.4) is 0 Å². The van der Waals surface area contributed by atoms with E-state index in [1.165, 1.54) is 36.8 Å². The molecule has 0 aliphatic heterocycles. The molecule has 0 amide bonds. The number of fused-ring (bicyclic) bond motifs is 1. The molecule has 2 heterocycles. The largest absolute Gasteiger partial charge is 0.322 e. The van der Waals surface area contributed by atoms with Crippen molar-refractivity contribution in [1.82, 2.24) is 30.1 Å². The fourth-order valence-electron chi connectivity index (χ4n) is 6.16. The summed E-state index contributed by atoms with van der Waals surface area (Å²) < 4.78 is 2.11. The molecule has 2 fully saturated rings. The third kappa shape index (κ3) is 4.42. The fourth-order valence-corrected chi connectivity index (χ4v) is 6.16. The van der Waals surface area contributed by atoms with Crippen LogP contribution < -0.4 is 5.56 Å². The standard InChI is InChI=1S/C27H38N6O/c1-17(2)25(26-29-30-31-33(26)23-11-7-8-12-23)32(22-9-5-6-10-22)16-21-15-20-13-18(3)19(4)14-24(20)28-27(21)34/h13-15,17,22-23,25H,5-12,16H2,1-4H3,(H,28,34). The van der Waals surface area contributed by atoms with Gasteiger partial charge in [-0.15, -0.1) is 5.10 Å². The van der Waals surface area contributed by atoms with Crippen LogP contribution >= 0.6 is 0 Å². The van der Waals surface area contributed by atoms with Gasteiger partial charge in [-0.3, -0.25) is 9.69 Å². The molecule has 0 radical (unpaired) electrons. The molecule has 2 saturated carbocycles. The Kier molecular flexibility index (Phi) is 6.56. The quantitative estimate of drug-likeness (QED) is 0.509. The van der Waals surface area contributed by atoms with Gasteiger partial charge in [0.1, 0.15) is 0 Å². The Morgan fingerprint density at radius 2 is 1.71 bits per heavy atom. The van der Waals surface area contributed by atoms with Crippen LogP contribution in [0.2, 0.25) is 0 Å². The van der Waals surface area contributed by atoms with Crippen LogP contribution in [0.1, 0.15) is 99.8 Å². The van der Waals surface area contributed by atoms with Crippen molar-refractivity contribution in [3.8, 4) is 0 Å². The van der Waals surface area contributed by atoms with Crippen LogP contribution in [0.5, 0.6) is 0 Å². The van der Waals surface area contributed by atoms with Crippen molar-refractivity contribution < 1.29 is 0 Å². The predicted octanol–water partition coefficient (Wildman–Crippen LogP) is 5.39. The minimum atomic E-state index is 0.0108. The average molecular weight is 463 g/mol. The summed E-state index contributed by atoms with van der Waals surface area (Å²) in [6.07, 6.45) is 9.60. The minimum absolute atomic E-state index is 0.0108. The molecule has 7 heteroatoms. The number of tetrazole rings is 1. The maximum absolute atomic E-state index is 13.2. The Morgan fingerprint density at radius 3 is 2.41 bits per heavy atom. The summed E-state index contributed by atoms with van der Waals surface area (Å²) in [4.78, 5) is 18.9. The number of hydrogen-bond acceptors (Lipinski definition) is 5. The first-order valence-corrected chi connectivity index (χ1v) is 13.1. The van der Waals surface area contributed by atoms with Gasteiger partial charge in [0.05, 0.1) is 12.1 Å². The van der Waals surface area contributed by atoms with Crippen LogP contribution in [0.4, 0.5) is 0 Å². The molecule has 0 bridgehead atoms. The van der Waals surface area contributed by atoms with Crippen molar-refractivity contribution in [3.05, 3.63) is 51.1 Å². The van der Waals surface area contributed by atoms with Crippen molar-refractivity contribution in [2.75, 3.05) is 0 Å². The second kappa shape index (κ2) is 9.61. The van der Waals surface area contributed by atoms with Crippen LogP contribution in [0, 0.1) is 19.8 Å². The highest BCUT2D eigenvalue weighted by atomic mass is 16.1. The lowest BCUT2D eigenvalue weighted by molar-refractivity contribution is 0.0826. The highest BCUT2D eigenvalue weighted by molar-refractivity contribution is 5.80. The van der Waals surface area contributed by atoms with Gasteiger partial charge in [0.25, 0.3) is 5.56 Å². The van der Waals surface area contributed by atoms with E-state index in [2.05, 4.69) is 76.0 Å². The molecule has 1 N–H and O–H groups in total. The van der Waals surface area contributed by atoms with Crippen molar-refractivity contribution in [2.45, 2.75) is 104 Å². The number of rotatable bonds is 7. The zero-order valence-electron chi connectivity index (χ0n) is 21.0. The molecule has 0 saturated heterocycles. The Bertz CT molecular complexity index is 1200. The zero-order valence-corrected chi connectivity index (χ0v) is 21.0. The maximum atomic E-state index is 13.2. The summed E-state index contributed by atoms with van der Waals surface area (Å²) in [7, 11) is 0. The van der Waals surface area contributed by atoms with E-state index in [0.29, 0.717) is 24.5 Å². The SMILES string of the molecule is Cc1cc2cc(CN(C3CCCC3)C(c3nnnn3C3CCCC3)C(C)C)c(=O)[nH]c2cc1C. The van der Waals surface area contributed by atoms with Gasteiger partial charge in [0.2, 0.25) is 0 Å². The van der Waals surface area contributed by atoms with Gasteiger partial charge < -0.3 is 4.98 Å². The number of pyridine rings is 1. The molecule has 1 unspecified atom stereocenters. The van der Waals surface area contributed by atoms with Crippen molar-refractivity contribution >= 4 is 10.9 Å². The van der Waals surface area contributed by atoms with E-state index in [1.54, 1.807) is 0 Å². The van der Waals surface area contributed by atoms with E-state index in [9.17, 15) is 4.79 Å². The number of nitrogens with zero attached hydrogens (tertiary/aromatic N) is 5. The van der Waals surface area contributed by atoms with E-state index in [1.807, 2.05) is 0 Å². The van der Waals surface area contributed by atoms with Gasteiger partial charge in [-0.2, -0.15) is 0 Å². The van der Waals surface area contributed by atoms with Crippen LogP contribution in [-0.2, 0) is 6.54 Å². The number of benzene rings is 1. The molecule has 5 rings (SSSR count). The topological polar surface area (TPSA) is 79.7 Å². The molecule has 2 aliphatic carbocycles. The van der Waals surface area contributed by atoms with Gasteiger partial charge in [-0.1, -0.05) is 39.5 Å². The molecule has 7 nitrogen and oxygen atoms in total. The Morgan fingerprint density at radius 1 is 1.03 bits per heavy atom. The number of aryl methyl sites for hydroxylation is 2. The molecule has 3 aromatic rings. The Balaban J connectivity index is 1.55. The molecule has 1 aromatic carbocycles. The molecule has 182 valence electrons. The normalized spacial score (nSPS) is 18.6. The van der Waals surface area contributed by atoms with Crippen LogP contribution in [-0.4, -0.2) is 36.1 Å². The summed E-state index contributed by atoms with van der Waals surface area (Å²) in [5.74, 6) is 1.30. The highest BCUT2D eigenvalue weighted by Crippen LogP contribution is 2.38. The monoisotopic (exact) mass is 462 g/mol. The average Bonchev–Trinajstić information content (AvgIpc) is 3.57. The predicted molar refractivity (Wildman–Crippen MR) is 135 cm³/mol. The van der Waals surface area contributed by atoms with Gasteiger partial charge in [-0.05, 0) is 90.6 Å². The minimum Gasteiger partial charge on any atom is -0.322 e. The summed E-state index contributed by atoms with van der Waals surface area (Å²) in [6.45, 7) is 9.35. The van der Waals surface area contributed by atoms with Crippen molar-refractivity contribution in [1.29, 1.82) is 0 Å². The smallest absolute Gasteiger partial charge is 0.252 e. The van der Waals surface area contributed by atoms with Gasteiger partial charge in [-0.25, -0.2) is 4.68 Å². The molecule has 2 aromatic heterocycles. The number of H-pyrrole nitrogens is 1. The second-order valence-corrected chi connectivity index (χ2v) is 10.9. The number of aromatic amines is 1. The van der Waals surface area contributed by atoms with Crippen LogP contribution in [0.25, 0.3) is 10.9 Å². The molecule has 0 spiro atoms. The van der Waals surface area contributed by atoms with E-state index < -0.39 is 0 Å². The first kappa shape index (κ1) is 23.2. The van der Waals surface area contributed by atoms with Crippen LogP contribution in [0.15, 0.2) is 23.0 Å². The Hall–Kier alpha value is -2.54. The van der Waals surface area contributed by atoms with E-state index >= 15 is 0 Å². The Labute approximate surface area is 201 Å². The molecular formula is C27H38N6O. The second-order valence-electron chi connectivity index (χ2n) is 10.9. The van der Waals surface area contributed by atoms with E-state index in [0.717, 1.165) is 48.0 Å². The van der Waals surface area contributed by atoms with Crippen molar-refractivity contribution in [3.63, 3.8) is 0 Å². The molecule has 1 atom stereocenters. The fraction of sp³-hybridized carbons (Fsp3) is 0.630. The van der Waals surface area contributed by atoms with Gasteiger partial charge in [0.15, 0.2) is 5.82 Å². The van der Waals surface area contributed by atoms with Gasteiger partial charge >= 0.3 is 0 Å². The summed E-state index contributed by atoms with van der Waals surface area (Å²) in [5, 5.41) is 14.3. The first-order chi connectivity index (χ1) is 16.4. The van der Waals surface area contributed by atoms with Crippen molar-refractivity contribution in [2.24, 2.45) is 5.92 Å². The summed E-state index contributed by atoms with van der Waals surface area (Å²) in [5.41, 5.74) is 4.19. The third-order valence-corrected chi connectivity index (χ3v) is 8.12. The number of hydrogen-bond donors (Lipinski definition) is 1. The lowest BCUT2D eigenvalue weighted by Gasteiger charge is -2.38. The van der Waals surface area contributed by atoms with E-state index in [4.69, 9.17) is 0 Å². The first-order valence-electron chi connectivity index (χ1n) is 13.1. The third-order valence-electron chi connectivity index (χ3n) is 8.12. The number of nitrogens with one attached hydrogen (secondary N) is 1. The molecular weight excluding hydrogens is 424 g/mol. The maximum Gasteiger partial charge on any atom is 0.252 e. The highest BCUT2D eigenvalue weighted by Gasteiger charge is 2.36. The lowest BCUT2D eigenvalue weighted by atomic mass is 9.97. The van der Waals surface area contributed by atoms with Gasteiger partial charge in [0, 0.05) is 23.7 Å². The lowest BCUT2D eigenvalue weighted by Crippen LogP contribution is -2.41. The van der Waals surface area contributed by atoms with E-state index in [-0.39, 0.29) is 11.6 Å². The molecule has 2 aliphatic rings. The number of aromatic nitrogens is 5. The summed E-state index contributed by atoms with van der Waals surface area (Å²) >= 11 is 0. The zero-order chi connectivity index (χ0) is 23.8. The summed E-state index contributed by atoms with van der Waals surface area (Å²) in [6, 6.07) is 7.28. The molecule has 34 heavy (non-hydrogen) atoms.